The summed E-state index contributed by atoms with van der Waals surface area (Å²) in [6.45, 7) is 8.16. The van der Waals surface area contributed by atoms with Crippen LogP contribution in [0.25, 0.3) is 0 Å². The Balaban J connectivity index is 3.14. The Kier molecular flexibility index (Phi) is 60.3. The standard InChI is InChI=1S/C76H142O14S/c1-5-9-13-17-21-25-29-33-37-41-45-49-53-57-61-70(78)87-67(64-85-69(77)60-56-52-48-44-40-36-32-28-24-20-16-12-8-4)65-86-76-75(90-72(80)63-59-55-51-47-43-39-35-31-27-23-19-15-11-7-3)74(73(81)68(88-76)66-91(82,83)84)89-71(79)62-58-54-50-46-42-38-34-30-26-22-18-14-10-6-2/h28,32,67-68,73-76,81H,5-27,29-31,33-66H2,1-4H3,(H,82,83,84). The van der Waals surface area contributed by atoms with Gasteiger partial charge in [-0.05, 0) is 51.4 Å². The average molecular weight is 1310 g/mol. The molecule has 1 heterocycles. The minimum Gasteiger partial charge on any atom is -0.462 e. The quantitative estimate of drug-likeness (QED) is 0.0192. The molecule has 0 aromatic carbocycles. The Labute approximate surface area is 558 Å². The van der Waals surface area contributed by atoms with Gasteiger partial charge in [0.25, 0.3) is 10.1 Å². The van der Waals surface area contributed by atoms with Crippen molar-refractivity contribution in [1.29, 1.82) is 0 Å². The molecule has 0 amide bonds. The molecule has 6 atom stereocenters. The second kappa shape index (κ2) is 63.5. The van der Waals surface area contributed by atoms with Crippen molar-refractivity contribution in [3.8, 4) is 0 Å². The number of carbonyl (C=O) groups is 4. The van der Waals surface area contributed by atoms with Gasteiger partial charge in [-0.2, -0.15) is 8.42 Å². The van der Waals surface area contributed by atoms with Crippen LogP contribution in [0, 0.1) is 0 Å². The third kappa shape index (κ3) is 55.3. The lowest BCUT2D eigenvalue weighted by molar-refractivity contribution is -0.302. The van der Waals surface area contributed by atoms with E-state index in [1.165, 1.54) is 205 Å². The van der Waals surface area contributed by atoms with Gasteiger partial charge in [-0.15, -0.1) is 0 Å². The molecule has 1 aliphatic rings. The van der Waals surface area contributed by atoms with Gasteiger partial charge in [0.05, 0.1) is 6.61 Å². The Bertz CT molecular complexity index is 1810. The zero-order valence-corrected chi connectivity index (χ0v) is 60.1. The highest BCUT2D eigenvalue weighted by molar-refractivity contribution is 7.85. The Morgan fingerprint density at radius 1 is 0.385 bits per heavy atom. The second-order valence-corrected chi connectivity index (χ2v) is 28.5. The number of carbonyl (C=O) groups excluding carboxylic acids is 4. The number of ether oxygens (including phenoxy) is 6. The molecule has 0 bridgehead atoms. The van der Waals surface area contributed by atoms with Crippen LogP contribution < -0.4 is 0 Å². The molecule has 1 rings (SSSR count). The van der Waals surface area contributed by atoms with Crippen molar-refractivity contribution in [1.82, 2.24) is 0 Å². The summed E-state index contributed by atoms with van der Waals surface area (Å²) in [5.74, 6) is -3.36. The van der Waals surface area contributed by atoms with E-state index < -0.39 is 83.2 Å². The normalized spacial score (nSPS) is 17.2. The molecular weight excluding hydrogens is 1170 g/mol. The lowest BCUT2D eigenvalue weighted by Gasteiger charge is -2.43. The fraction of sp³-hybridized carbons (Fsp3) is 0.921. The van der Waals surface area contributed by atoms with E-state index in [9.17, 15) is 37.3 Å². The minimum atomic E-state index is -4.77. The van der Waals surface area contributed by atoms with Crippen molar-refractivity contribution >= 4 is 34.0 Å². The van der Waals surface area contributed by atoms with Crippen LogP contribution in [0.5, 0.6) is 0 Å². The first-order valence-corrected chi connectivity index (χ1v) is 40.2. The first-order valence-electron chi connectivity index (χ1n) is 38.6. The van der Waals surface area contributed by atoms with Gasteiger partial charge in [-0.3, -0.25) is 23.7 Å². The summed E-state index contributed by atoms with van der Waals surface area (Å²) in [7, 11) is -4.77. The van der Waals surface area contributed by atoms with E-state index in [0.29, 0.717) is 25.7 Å². The van der Waals surface area contributed by atoms with Crippen LogP contribution in [0.2, 0.25) is 0 Å². The monoisotopic (exact) mass is 1310 g/mol. The van der Waals surface area contributed by atoms with Crippen molar-refractivity contribution in [2.45, 2.75) is 430 Å². The zero-order chi connectivity index (χ0) is 66.4. The highest BCUT2D eigenvalue weighted by Gasteiger charge is 2.51. The maximum absolute atomic E-state index is 13.8. The largest absolute Gasteiger partial charge is 0.462 e. The Morgan fingerprint density at radius 3 is 1.01 bits per heavy atom. The summed E-state index contributed by atoms with van der Waals surface area (Å²) in [4.78, 5) is 54.2. The van der Waals surface area contributed by atoms with Crippen LogP contribution in [-0.2, 0) is 57.7 Å². The molecule has 0 aromatic rings. The highest BCUT2D eigenvalue weighted by atomic mass is 32.2. The fourth-order valence-electron chi connectivity index (χ4n) is 12.3. The van der Waals surface area contributed by atoms with E-state index in [0.717, 1.165) is 109 Å². The molecule has 0 aliphatic carbocycles. The van der Waals surface area contributed by atoms with Gasteiger partial charge in [-0.1, -0.05) is 329 Å². The predicted octanol–water partition coefficient (Wildman–Crippen LogP) is 21.1. The van der Waals surface area contributed by atoms with Crippen LogP contribution in [0.4, 0.5) is 0 Å². The van der Waals surface area contributed by atoms with Gasteiger partial charge in [0.2, 0.25) is 0 Å². The van der Waals surface area contributed by atoms with Crippen LogP contribution in [0.1, 0.15) is 394 Å². The number of aliphatic hydroxyl groups excluding tert-OH is 1. The minimum absolute atomic E-state index is 0.00984. The second-order valence-electron chi connectivity index (χ2n) is 27.0. The molecule has 0 aromatic heterocycles. The summed E-state index contributed by atoms with van der Waals surface area (Å²) < 4.78 is 70.8. The van der Waals surface area contributed by atoms with E-state index in [4.69, 9.17) is 28.4 Å². The first-order chi connectivity index (χ1) is 44.3. The maximum atomic E-state index is 13.8. The summed E-state index contributed by atoms with van der Waals surface area (Å²) in [5.41, 5.74) is 0. The number of rotatable bonds is 68. The van der Waals surface area contributed by atoms with Crippen LogP contribution in [0.15, 0.2) is 12.2 Å². The molecule has 1 saturated heterocycles. The molecule has 1 fully saturated rings. The number of hydrogen-bond donors (Lipinski definition) is 2. The number of hydrogen-bond acceptors (Lipinski definition) is 13. The van der Waals surface area contributed by atoms with Crippen molar-refractivity contribution < 1.29 is 65.7 Å². The first kappa shape index (κ1) is 86.4. The van der Waals surface area contributed by atoms with E-state index in [1.54, 1.807) is 0 Å². The molecular formula is C76H142O14S. The summed E-state index contributed by atoms with van der Waals surface area (Å²) in [5, 5.41) is 11.7. The molecule has 536 valence electrons. The predicted molar refractivity (Wildman–Crippen MR) is 373 cm³/mol. The molecule has 0 spiro atoms. The SMILES string of the molecule is CCCCCCC=CCCCCCCCC(=O)OCC(COC1OC(CS(=O)(=O)O)C(O)C(OC(=O)CCCCCCCCCCCCCCCC)C1OC(=O)CCCCCCCCCCCCCCCC)OC(=O)CCCCCCCCCCCCCCCC. The van der Waals surface area contributed by atoms with Crippen LogP contribution >= 0.6 is 0 Å². The number of unbranched alkanes of at least 4 members (excludes halogenated alkanes) is 48. The fourth-order valence-corrected chi connectivity index (χ4v) is 12.9. The van der Waals surface area contributed by atoms with Gasteiger partial charge < -0.3 is 33.5 Å². The molecule has 0 radical (unpaired) electrons. The van der Waals surface area contributed by atoms with E-state index >= 15 is 0 Å². The summed E-state index contributed by atoms with van der Waals surface area (Å²) >= 11 is 0. The van der Waals surface area contributed by atoms with E-state index in [1.807, 2.05) is 0 Å². The molecule has 6 unspecified atom stereocenters. The van der Waals surface area contributed by atoms with Gasteiger partial charge in [-0.25, -0.2) is 0 Å². The molecule has 0 saturated carbocycles. The van der Waals surface area contributed by atoms with Crippen molar-refractivity contribution in [3.63, 3.8) is 0 Å². The number of aliphatic hydroxyl groups is 1. The van der Waals surface area contributed by atoms with Crippen molar-refractivity contribution in [3.05, 3.63) is 12.2 Å². The summed E-state index contributed by atoms with van der Waals surface area (Å²) in [6, 6.07) is 0. The third-order valence-electron chi connectivity index (χ3n) is 18.0. The Hall–Kier alpha value is -2.59. The zero-order valence-electron chi connectivity index (χ0n) is 59.2. The Morgan fingerprint density at radius 2 is 0.670 bits per heavy atom. The maximum Gasteiger partial charge on any atom is 0.306 e. The molecule has 15 heteroatoms. The molecule has 91 heavy (non-hydrogen) atoms. The lowest BCUT2D eigenvalue weighted by atomic mass is 9.99. The van der Waals surface area contributed by atoms with E-state index in [2.05, 4.69) is 39.8 Å². The third-order valence-corrected chi connectivity index (χ3v) is 18.8. The van der Waals surface area contributed by atoms with Gasteiger partial charge in [0.15, 0.2) is 24.6 Å². The van der Waals surface area contributed by atoms with Crippen molar-refractivity contribution in [2.75, 3.05) is 19.0 Å². The summed E-state index contributed by atoms with van der Waals surface area (Å²) in [6.07, 6.45) is 55.8. The smallest absolute Gasteiger partial charge is 0.306 e. The topological polar surface area (TPSA) is 198 Å². The van der Waals surface area contributed by atoms with Gasteiger partial charge in [0, 0.05) is 25.7 Å². The number of allylic oxidation sites excluding steroid dienone is 2. The van der Waals surface area contributed by atoms with Gasteiger partial charge >= 0.3 is 23.9 Å². The molecule has 2 N–H and O–H groups in total. The molecule has 14 nitrogen and oxygen atoms in total. The average Bonchev–Trinajstić information content (AvgIpc) is 1.03. The van der Waals surface area contributed by atoms with Gasteiger partial charge in [0.1, 0.15) is 24.6 Å². The van der Waals surface area contributed by atoms with E-state index in [-0.39, 0.29) is 32.3 Å². The highest BCUT2D eigenvalue weighted by Crippen LogP contribution is 2.30. The molecule has 1 aliphatic heterocycles. The van der Waals surface area contributed by atoms with Crippen molar-refractivity contribution in [2.24, 2.45) is 0 Å². The number of esters is 4. The van der Waals surface area contributed by atoms with Crippen LogP contribution in [0.3, 0.4) is 0 Å². The lowest BCUT2D eigenvalue weighted by Crippen LogP contribution is -2.62. The van der Waals surface area contributed by atoms with Crippen LogP contribution in [-0.4, -0.2) is 97.7 Å².